The lowest BCUT2D eigenvalue weighted by Gasteiger charge is -2.22. The molecule has 2 aromatic rings. The van der Waals surface area contributed by atoms with Crippen molar-refractivity contribution in [3.63, 3.8) is 0 Å². The lowest BCUT2D eigenvalue weighted by Crippen LogP contribution is -2.42. The van der Waals surface area contributed by atoms with Gasteiger partial charge in [-0.1, -0.05) is 24.3 Å². The molecule has 3 rings (SSSR count). The summed E-state index contributed by atoms with van der Waals surface area (Å²) in [5.74, 6) is -0.328. The van der Waals surface area contributed by atoms with Crippen molar-refractivity contribution in [1.29, 1.82) is 0 Å². The fourth-order valence-corrected chi connectivity index (χ4v) is 4.42. The number of rotatable bonds is 7. The fraction of sp³-hybridized carbons (Fsp3) is 0.318. The average molecular weight is 429 g/mol. The zero-order valence-corrected chi connectivity index (χ0v) is 17.7. The molecule has 0 spiro atoms. The van der Waals surface area contributed by atoms with Gasteiger partial charge >= 0.3 is 5.97 Å². The number of esters is 1. The number of para-hydroxylation sites is 1. The average Bonchev–Trinajstić information content (AvgIpc) is 2.89. The molecule has 158 valence electrons. The summed E-state index contributed by atoms with van der Waals surface area (Å²) in [6.45, 7) is 1.56. The van der Waals surface area contributed by atoms with E-state index < -0.39 is 11.9 Å². The number of carbonyl (C=O) groups excluding carboxylic acids is 3. The second kappa shape index (κ2) is 10.2. The van der Waals surface area contributed by atoms with Crippen LogP contribution < -0.4 is 15.0 Å². The molecule has 7 nitrogen and oxygen atoms in total. The van der Waals surface area contributed by atoms with E-state index in [2.05, 4.69) is 5.32 Å². The topological polar surface area (TPSA) is 84.9 Å². The van der Waals surface area contributed by atoms with Crippen LogP contribution in [0.4, 0.5) is 5.69 Å². The van der Waals surface area contributed by atoms with Gasteiger partial charge in [0.15, 0.2) is 0 Å². The summed E-state index contributed by atoms with van der Waals surface area (Å²) in [4.78, 5) is 39.3. The van der Waals surface area contributed by atoms with E-state index in [1.807, 2.05) is 48.5 Å². The van der Waals surface area contributed by atoms with Crippen LogP contribution in [0.15, 0.2) is 53.4 Å². The molecule has 0 fully saturated rings. The monoisotopic (exact) mass is 428 g/mol. The van der Waals surface area contributed by atoms with Crippen molar-refractivity contribution in [2.24, 2.45) is 0 Å². The highest BCUT2D eigenvalue weighted by molar-refractivity contribution is 7.99. The fourth-order valence-electron chi connectivity index (χ4n) is 3.14. The van der Waals surface area contributed by atoms with Crippen LogP contribution in [0.25, 0.3) is 0 Å². The molecule has 1 aliphatic heterocycles. The van der Waals surface area contributed by atoms with Crippen LogP contribution in [-0.4, -0.2) is 44.6 Å². The number of hydrogen-bond donors (Lipinski definition) is 1. The molecule has 0 saturated carbocycles. The van der Waals surface area contributed by atoms with Gasteiger partial charge in [-0.2, -0.15) is 0 Å². The van der Waals surface area contributed by atoms with Crippen molar-refractivity contribution < 1.29 is 23.9 Å². The van der Waals surface area contributed by atoms with Gasteiger partial charge < -0.3 is 19.7 Å². The summed E-state index contributed by atoms with van der Waals surface area (Å²) in [5.41, 5.74) is 1.70. The molecular formula is C22H24N2O5S. The highest BCUT2D eigenvalue weighted by atomic mass is 32.2. The minimum atomic E-state index is -0.511. The van der Waals surface area contributed by atoms with E-state index in [9.17, 15) is 14.4 Å². The van der Waals surface area contributed by atoms with Gasteiger partial charge in [-0.05, 0) is 36.8 Å². The van der Waals surface area contributed by atoms with E-state index in [1.54, 1.807) is 25.8 Å². The second-order valence-corrected chi connectivity index (χ2v) is 7.86. The molecule has 0 saturated heterocycles. The molecule has 0 aliphatic carbocycles. The summed E-state index contributed by atoms with van der Waals surface area (Å²) in [7, 11) is 1.61. The third kappa shape index (κ3) is 5.33. The van der Waals surface area contributed by atoms with Crippen LogP contribution >= 0.6 is 11.8 Å². The van der Waals surface area contributed by atoms with Crippen molar-refractivity contribution in [3.8, 4) is 5.75 Å². The molecule has 1 heterocycles. The molecule has 2 aromatic carbocycles. The quantitative estimate of drug-likeness (QED) is 0.683. The molecule has 8 heteroatoms. The minimum Gasteiger partial charge on any atom is -0.497 e. The summed E-state index contributed by atoms with van der Waals surface area (Å²) < 4.78 is 10.0. The van der Waals surface area contributed by atoms with Gasteiger partial charge in [0, 0.05) is 16.6 Å². The Hall–Kier alpha value is -3.00. The molecule has 2 amide bonds. The third-order valence-corrected chi connectivity index (χ3v) is 5.93. The molecule has 0 radical (unpaired) electrons. The number of nitrogens with zero attached hydrogens (tertiary/aromatic N) is 1. The van der Waals surface area contributed by atoms with Gasteiger partial charge in [0.05, 0.1) is 19.4 Å². The van der Waals surface area contributed by atoms with Crippen molar-refractivity contribution in [2.45, 2.75) is 23.5 Å². The number of thioether (sulfide) groups is 1. The zero-order valence-electron chi connectivity index (χ0n) is 16.9. The molecule has 1 aliphatic rings. The summed E-state index contributed by atoms with van der Waals surface area (Å²) >= 11 is 1.59. The molecule has 30 heavy (non-hydrogen) atoms. The van der Waals surface area contributed by atoms with E-state index in [-0.39, 0.29) is 37.3 Å². The van der Waals surface area contributed by atoms with Crippen molar-refractivity contribution in [3.05, 3.63) is 54.1 Å². The van der Waals surface area contributed by atoms with E-state index in [0.717, 1.165) is 16.2 Å². The number of benzene rings is 2. The first-order valence-electron chi connectivity index (χ1n) is 9.64. The number of amides is 2. The Morgan fingerprint density at radius 2 is 1.90 bits per heavy atom. The van der Waals surface area contributed by atoms with Crippen molar-refractivity contribution in [1.82, 2.24) is 5.32 Å². The van der Waals surface area contributed by atoms with E-state index in [4.69, 9.17) is 9.47 Å². The predicted molar refractivity (Wildman–Crippen MR) is 115 cm³/mol. The Bertz CT molecular complexity index is 916. The summed E-state index contributed by atoms with van der Waals surface area (Å²) in [6, 6.07) is 15.2. The first-order chi connectivity index (χ1) is 14.5. The normalized spacial score (nSPS) is 15.7. The Morgan fingerprint density at radius 3 is 2.60 bits per heavy atom. The number of methoxy groups -OCH3 is 1. The number of hydrogen-bond acceptors (Lipinski definition) is 6. The van der Waals surface area contributed by atoms with Gasteiger partial charge in [-0.25, -0.2) is 0 Å². The van der Waals surface area contributed by atoms with Crippen LogP contribution in [0.5, 0.6) is 5.75 Å². The highest BCUT2D eigenvalue weighted by Gasteiger charge is 2.30. The first-order valence-corrected chi connectivity index (χ1v) is 10.5. The minimum absolute atomic E-state index is 0.0860. The van der Waals surface area contributed by atoms with Gasteiger partial charge in [-0.15, -0.1) is 11.8 Å². The number of anilines is 1. The van der Waals surface area contributed by atoms with Crippen molar-refractivity contribution >= 4 is 35.2 Å². The second-order valence-electron chi connectivity index (χ2n) is 6.61. The molecule has 0 bridgehead atoms. The van der Waals surface area contributed by atoms with Gasteiger partial charge in [0.2, 0.25) is 11.8 Å². The van der Waals surface area contributed by atoms with E-state index in [0.29, 0.717) is 5.69 Å². The standard InChI is InChI=1S/C22H24N2O5S/c1-3-29-22(27)13-23-20(25)14-24-17-6-4-5-7-18(17)30-19(12-21(24)26)15-8-10-16(28-2)11-9-15/h4-11,19H,3,12-14H2,1-2H3,(H,23,25). The van der Waals surface area contributed by atoms with Crippen molar-refractivity contribution in [2.75, 3.05) is 31.7 Å². The lowest BCUT2D eigenvalue weighted by atomic mass is 10.1. The Morgan fingerprint density at radius 1 is 1.17 bits per heavy atom. The van der Waals surface area contributed by atoms with Crippen LogP contribution in [0.1, 0.15) is 24.2 Å². The van der Waals surface area contributed by atoms with Gasteiger partial charge in [0.25, 0.3) is 0 Å². The van der Waals surface area contributed by atoms with Gasteiger partial charge in [-0.3, -0.25) is 14.4 Å². The van der Waals surface area contributed by atoms with E-state index >= 15 is 0 Å². The predicted octanol–water partition coefficient (Wildman–Crippen LogP) is 2.94. The lowest BCUT2D eigenvalue weighted by molar-refractivity contribution is -0.143. The third-order valence-electron chi connectivity index (χ3n) is 4.61. The van der Waals surface area contributed by atoms with Crippen LogP contribution in [0.2, 0.25) is 0 Å². The van der Waals surface area contributed by atoms with E-state index in [1.165, 1.54) is 4.90 Å². The number of fused-ring (bicyclic) bond motifs is 1. The Labute approximate surface area is 179 Å². The zero-order chi connectivity index (χ0) is 21.5. The largest absolute Gasteiger partial charge is 0.497 e. The molecule has 1 atom stereocenters. The summed E-state index contributed by atoms with van der Waals surface area (Å²) in [6.07, 6.45) is 0.247. The van der Waals surface area contributed by atoms with Gasteiger partial charge in [0.1, 0.15) is 18.8 Å². The Balaban J connectivity index is 1.78. The SMILES string of the molecule is CCOC(=O)CNC(=O)CN1C(=O)CC(c2ccc(OC)cc2)Sc2ccccc21. The smallest absolute Gasteiger partial charge is 0.325 e. The Kier molecular flexibility index (Phi) is 7.35. The molecule has 0 aromatic heterocycles. The first kappa shape index (κ1) is 21.7. The maximum atomic E-state index is 13.1. The maximum Gasteiger partial charge on any atom is 0.325 e. The number of carbonyl (C=O) groups is 3. The van der Waals surface area contributed by atoms with Crippen LogP contribution in [0, 0.1) is 0 Å². The molecular weight excluding hydrogens is 404 g/mol. The maximum absolute atomic E-state index is 13.1. The molecule has 1 unspecified atom stereocenters. The van der Waals surface area contributed by atoms with Crippen LogP contribution in [0.3, 0.4) is 0 Å². The number of nitrogens with one attached hydrogen (secondary N) is 1. The number of ether oxygens (including phenoxy) is 2. The highest BCUT2D eigenvalue weighted by Crippen LogP contribution is 2.45. The van der Waals surface area contributed by atoms with Crippen LogP contribution in [-0.2, 0) is 19.1 Å². The molecule has 1 N–H and O–H groups in total. The summed E-state index contributed by atoms with van der Waals surface area (Å²) in [5, 5.41) is 2.43.